The van der Waals surface area contributed by atoms with Crippen LogP contribution in [0.5, 0.6) is 5.88 Å². The van der Waals surface area contributed by atoms with Crippen molar-refractivity contribution >= 4 is 11.5 Å². The van der Waals surface area contributed by atoms with E-state index in [0.29, 0.717) is 17.4 Å². The highest BCUT2D eigenvalue weighted by Gasteiger charge is 2.06. The number of nitrogens with zero attached hydrogens (tertiary/aromatic N) is 3. The van der Waals surface area contributed by atoms with Crippen LogP contribution in [0, 0.1) is 0 Å². The molecule has 1 heterocycles. The van der Waals surface area contributed by atoms with Crippen LogP contribution in [0.1, 0.15) is 6.42 Å². The molecule has 0 fully saturated rings. The van der Waals surface area contributed by atoms with Crippen molar-refractivity contribution in [1.29, 1.82) is 0 Å². The van der Waals surface area contributed by atoms with E-state index in [2.05, 4.69) is 20.2 Å². The lowest BCUT2D eigenvalue weighted by Gasteiger charge is -2.12. The zero-order valence-corrected chi connectivity index (χ0v) is 10.0. The molecule has 1 aromatic heterocycles. The summed E-state index contributed by atoms with van der Waals surface area (Å²) < 4.78 is 5.01. The molecule has 1 rings (SSSR count). The Labute approximate surface area is 95.8 Å². The molecule has 0 aliphatic carbocycles. The summed E-state index contributed by atoms with van der Waals surface area (Å²) in [5.41, 5.74) is 6.27. The number of nitrogen functional groups attached to an aromatic ring is 1. The minimum absolute atomic E-state index is 0.408. The van der Waals surface area contributed by atoms with Gasteiger partial charge in [0.05, 0.1) is 7.11 Å². The lowest BCUT2D eigenvalue weighted by molar-refractivity contribution is 0.399. The Morgan fingerprint density at radius 3 is 2.81 bits per heavy atom. The topological polar surface area (TPSA) is 76.3 Å². The van der Waals surface area contributed by atoms with Crippen molar-refractivity contribution < 1.29 is 4.74 Å². The average molecular weight is 225 g/mol. The first-order valence-electron chi connectivity index (χ1n) is 5.18. The first kappa shape index (κ1) is 12.5. The predicted octanol–water partition coefficient (Wildman–Crippen LogP) is 0.431. The quantitative estimate of drug-likeness (QED) is 0.684. The minimum atomic E-state index is 0.408. The Morgan fingerprint density at radius 1 is 1.44 bits per heavy atom. The van der Waals surface area contributed by atoms with Gasteiger partial charge in [-0.3, -0.25) is 0 Å². The fraction of sp³-hybridized carbons (Fsp3) is 0.600. The maximum absolute atomic E-state index is 5.81. The zero-order chi connectivity index (χ0) is 12.0. The Bertz CT molecular complexity index is 329. The third kappa shape index (κ3) is 3.54. The van der Waals surface area contributed by atoms with Crippen molar-refractivity contribution in [3.63, 3.8) is 0 Å². The first-order chi connectivity index (χ1) is 7.65. The Morgan fingerprint density at radius 2 is 2.19 bits per heavy atom. The van der Waals surface area contributed by atoms with E-state index in [1.165, 1.54) is 13.4 Å². The number of hydrogen-bond acceptors (Lipinski definition) is 6. The van der Waals surface area contributed by atoms with Gasteiger partial charge < -0.3 is 20.7 Å². The number of nitrogens with two attached hydrogens (primary N) is 1. The number of rotatable bonds is 6. The second kappa shape index (κ2) is 6.12. The SMILES string of the molecule is COc1ncnc(NCCCN(C)C)c1N. The molecule has 0 atom stereocenters. The zero-order valence-electron chi connectivity index (χ0n) is 10.0. The number of aromatic nitrogens is 2. The van der Waals surface area contributed by atoms with Gasteiger partial charge >= 0.3 is 0 Å². The summed E-state index contributed by atoms with van der Waals surface area (Å²) in [6.07, 6.45) is 2.46. The first-order valence-corrected chi connectivity index (χ1v) is 5.18. The van der Waals surface area contributed by atoms with Gasteiger partial charge in [-0.25, -0.2) is 4.98 Å². The van der Waals surface area contributed by atoms with Gasteiger partial charge in [0.25, 0.3) is 0 Å². The van der Waals surface area contributed by atoms with E-state index in [0.717, 1.165) is 19.5 Å². The largest absolute Gasteiger partial charge is 0.479 e. The molecule has 0 bridgehead atoms. The number of hydrogen-bond donors (Lipinski definition) is 2. The van der Waals surface area contributed by atoms with Crippen LogP contribution in [0.4, 0.5) is 11.5 Å². The fourth-order valence-electron chi connectivity index (χ4n) is 1.29. The standard InChI is InChI=1S/C10H19N5O/c1-15(2)6-4-5-12-9-8(11)10(16-3)14-7-13-9/h7H,4-6,11H2,1-3H3,(H,12,13,14). The second-order valence-electron chi connectivity index (χ2n) is 3.73. The number of methoxy groups -OCH3 is 1. The van der Waals surface area contributed by atoms with Crippen molar-refractivity contribution in [2.45, 2.75) is 6.42 Å². The van der Waals surface area contributed by atoms with Crippen molar-refractivity contribution in [2.75, 3.05) is 45.3 Å². The van der Waals surface area contributed by atoms with E-state index in [4.69, 9.17) is 10.5 Å². The molecular weight excluding hydrogens is 206 g/mol. The Balaban J connectivity index is 2.47. The summed E-state index contributed by atoms with van der Waals surface area (Å²) in [6, 6.07) is 0. The van der Waals surface area contributed by atoms with E-state index >= 15 is 0 Å². The van der Waals surface area contributed by atoms with Crippen LogP contribution in [-0.2, 0) is 0 Å². The van der Waals surface area contributed by atoms with Gasteiger partial charge in [0, 0.05) is 6.54 Å². The van der Waals surface area contributed by atoms with Crippen LogP contribution in [-0.4, -0.2) is 49.2 Å². The minimum Gasteiger partial charge on any atom is -0.479 e. The molecule has 0 aromatic carbocycles. The van der Waals surface area contributed by atoms with Crippen LogP contribution >= 0.6 is 0 Å². The van der Waals surface area contributed by atoms with Crippen molar-refractivity contribution in [1.82, 2.24) is 14.9 Å². The molecule has 6 nitrogen and oxygen atoms in total. The van der Waals surface area contributed by atoms with Crippen molar-refractivity contribution in [2.24, 2.45) is 0 Å². The normalized spacial score (nSPS) is 10.5. The molecule has 3 N–H and O–H groups in total. The highest BCUT2D eigenvalue weighted by atomic mass is 16.5. The maximum atomic E-state index is 5.81. The van der Waals surface area contributed by atoms with E-state index in [9.17, 15) is 0 Å². The average Bonchev–Trinajstić information content (AvgIpc) is 2.26. The third-order valence-corrected chi connectivity index (χ3v) is 2.12. The molecule has 16 heavy (non-hydrogen) atoms. The molecule has 0 unspecified atom stereocenters. The van der Waals surface area contributed by atoms with E-state index in [1.807, 2.05) is 14.1 Å². The molecule has 6 heteroatoms. The molecule has 0 aliphatic heterocycles. The van der Waals surface area contributed by atoms with E-state index in [1.54, 1.807) is 0 Å². The van der Waals surface area contributed by atoms with Gasteiger partial charge in [0.1, 0.15) is 12.0 Å². The highest BCUT2D eigenvalue weighted by molar-refractivity contribution is 5.66. The van der Waals surface area contributed by atoms with Crippen molar-refractivity contribution in [3.8, 4) is 5.88 Å². The van der Waals surface area contributed by atoms with Gasteiger partial charge in [-0.1, -0.05) is 0 Å². The molecule has 0 saturated carbocycles. The van der Waals surface area contributed by atoms with E-state index < -0.39 is 0 Å². The molecule has 0 amide bonds. The van der Waals surface area contributed by atoms with Crippen molar-refractivity contribution in [3.05, 3.63) is 6.33 Å². The van der Waals surface area contributed by atoms with Gasteiger partial charge in [-0.2, -0.15) is 4.98 Å². The number of ether oxygens (including phenoxy) is 1. The van der Waals surface area contributed by atoms with E-state index in [-0.39, 0.29) is 0 Å². The smallest absolute Gasteiger partial charge is 0.242 e. The lowest BCUT2D eigenvalue weighted by Crippen LogP contribution is -2.17. The fourth-order valence-corrected chi connectivity index (χ4v) is 1.29. The van der Waals surface area contributed by atoms with Gasteiger partial charge in [-0.05, 0) is 27.1 Å². The lowest BCUT2D eigenvalue weighted by atomic mass is 10.4. The van der Waals surface area contributed by atoms with Crippen LogP contribution in [0.2, 0.25) is 0 Å². The number of nitrogens with one attached hydrogen (secondary N) is 1. The Kier molecular flexibility index (Phi) is 4.78. The van der Waals surface area contributed by atoms with Crippen LogP contribution in [0.15, 0.2) is 6.33 Å². The third-order valence-electron chi connectivity index (χ3n) is 2.12. The summed E-state index contributed by atoms with van der Waals surface area (Å²) in [4.78, 5) is 10.1. The van der Waals surface area contributed by atoms with Gasteiger partial charge in [0.2, 0.25) is 5.88 Å². The molecule has 1 aromatic rings. The summed E-state index contributed by atoms with van der Waals surface area (Å²) in [5, 5.41) is 3.16. The summed E-state index contributed by atoms with van der Waals surface area (Å²) in [7, 11) is 5.62. The predicted molar refractivity (Wildman–Crippen MR) is 64.7 cm³/mol. The van der Waals surface area contributed by atoms with Crippen LogP contribution in [0.25, 0.3) is 0 Å². The summed E-state index contributed by atoms with van der Waals surface area (Å²) in [5.74, 6) is 1.04. The Hall–Kier alpha value is -1.56. The second-order valence-corrected chi connectivity index (χ2v) is 3.73. The van der Waals surface area contributed by atoms with Gasteiger partial charge in [0.15, 0.2) is 5.82 Å². The molecule has 0 aliphatic rings. The molecule has 0 radical (unpaired) electrons. The van der Waals surface area contributed by atoms with Crippen LogP contribution < -0.4 is 15.8 Å². The highest BCUT2D eigenvalue weighted by Crippen LogP contribution is 2.23. The van der Waals surface area contributed by atoms with Gasteiger partial charge in [-0.15, -0.1) is 0 Å². The molecule has 0 saturated heterocycles. The molecular formula is C10H19N5O. The maximum Gasteiger partial charge on any atom is 0.242 e. The summed E-state index contributed by atoms with van der Waals surface area (Å²) >= 11 is 0. The molecule has 90 valence electrons. The number of anilines is 2. The molecule has 0 spiro atoms. The van der Waals surface area contributed by atoms with Crippen LogP contribution in [0.3, 0.4) is 0 Å². The summed E-state index contributed by atoms with van der Waals surface area (Å²) in [6.45, 7) is 1.84. The monoisotopic (exact) mass is 225 g/mol.